The van der Waals surface area contributed by atoms with Crippen LogP contribution in [-0.4, -0.2) is 50.1 Å². The van der Waals surface area contributed by atoms with Gasteiger partial charge in [-0.3, -0.25) is 10.2 Å². The zero-order valence-electron chi connectivity index (χ0n) is 17.5. The van der Waals surface area contributed by atoms with Crippen LogP contribution in [0.4, 0.5) is 10.5 Å². The van der Waals surface area contributed by atoms with Crippen molar-refractivity contribution in [2.45, 2.75) is 65.0 Å². The molecule has 6 nitrogen and oxygen atoms in total. The van der Waals surface area contributed by atoms with Gasteiger partial charge in [0.15, 0.2) is 6.23 Å². The summed E-state index contributed by atoms with van der Waals surface area (Å²) >= 11 is 0. The highest BCUT2D eigenvalue weighted by Gasteiger charge is 2.24. The Morgan fingerprint density at radius 2 is 1.96 bits per heavy atom. The molecule has 2 rings (SSSR count). The van der Waals surface area contributed by atoms with Gasteiger partial charge >= 0.3 is 6.09 Å². The second-order valence-corrected chi connectivity index (χ2v) is 7.18. The first-order valence-electron chi connectivity index (χ1n) is 10.7. The Hall–Kier alpha value is -1.79. The third-order valence-corrected chi connectivity index (χ3v) is 4.85. The lowest BCUT2D eigenvalue weighted by molar-refractivity contribution is -0.0664. The van der Waals surface area contributed by atoms with Crippen molar-refractivity contribution in [1.82, 2.24) is 4.90 Å². The molecule has 1 aromatic carbocycles. The number of piperidine rings is 1. The number of rotatable bonds is 12. The van der Waals surface area contributed by atoms with Gasteiger partial charge in [-0.15, -0.1) is 0 Å². The Labute approximate surface area is 169 Å². The summed E-state index contributed by atoms with van der Waals surface area (Å²) in [4.78, 5) is 14.6. The number of likely N-dealkylation sites (tertiary alicyclic amines) is 1. The van der Waals surface area contributed by atoms with E-state index in [1.54, 1.807) is 0 Å². The van der Waals surface area contributed by atoms with E-state index in [0.717, 1.165) is 38.1 Å². The van der Waals surface area contributed by atoms with E-state index in [4.69, 9.17) is 14.2 Å². The van der Waals surface area contributed by atoms with Crippen LogP contribution in [0.25, 0.3) is 0 Å². The van der Waals surface area contributed by atoms with Crippen LogP contribution in [0.3, 0.4) is 0 Å². The normalized spacial score (nSPS) is 15.8. The molecule has 1 aliphatic rings. The summed E-state index contributed by atoms with van der Waals surface area (Å²) in [5, 5.41) is 2.82. The summed E-state index contributed by atoms with van der Waals surface area (Å²) in [5.41, 5.74) is 0.671. The third-order valence-electron chi connectivity index (χ3n) is 4.85. The number of anilines is 1. The van der Waals surface area contributed by atoms with Crippen LogP contribution in [0.1, 0.15) is 58.8 Å². The van der Waals surface area contributed by atoms with Crippen LogP contribution in [-0.2, 0) is 9.47 Å². The predicted molar refractivity (Wildman–Crippen MR) is 112 cm³/mol. The van der Waals surface area contributed by atoms with E-state index in [9.17, 15) is 4.79 Å². The monoisotopic (exact) mass is 392 g/mol. The van der Waals surface area contributed by atoms with Crippen molar-refractivity contribution < 1.29 is 19.0 Å². The molecule has 0 spiro atoms. The van der Waals surface area contributed by atoms with Gasteiger partial charge in [0.2, 0.25) is 0 Å². The van der Waals surface area contributed by atoms with Gasteiger partial charge in [-0.2, -0.15) is 0 Å². The van der Waals surface area contributed by atoms with Gasteiger partial charge in [-0.25, -0.2) is 4.79 Å². The molecule has 0 aliphatic carbocycles. The molecule has 1 saturated heterocycles. The Balaban J connectivity index is 1.83. The Bertz CT molecular complexity index is 561. The number of carbonyl (C=O) groups excluding carboxylic acids is 1. The fourth-order valence-electron chi connectivity index (χ4n) is 3.29. The van der Waals surface area contributed by atoms with Gasteiger partial charge in [0, 0.05) is 31.5 Å². The van der Waals surface area contributed by atoms with E-state index < -0.39 is 6.09 Å². The van der Waals surface area contributed by atoms with E-state index in [1.165, 1.54) is 25.7 Å². The molecule has 6 heteroatoms. The van der Waals surface area contributed by atoms with Crippen LogP contribution >= 0.6 is 0 Å². The van der Waals surface area contributed by atoms with Gasteiger partial charge in [0.05, 0.1) is 13.2 Å². The first-order chi connectivity index (χ1) is 13.7. The lowest BCUT2D eigenvalue weighted by atomic mass is 10.1. The third kappa shape index (κ3) is 8.48. The number of nitrogens with zero attached hydrogens (tertiary/aromatic N) is 1. The second kappa shape index (κ2) is 13.4. The molecular weight excluding hydrogens is 356 g/mol. The van der Waals surface area contributed by atoms with Crippen LogP contribution in [0.15, 0.2) is 24.3 Å². The minimum atomic E-state index is -0.463. The molecule has 1 amide bonds. The number of carbonyl (C=O) groups is 1. The number of hydrogen-bond acceptors (Lipinski definition) is 5. The van der Waals surface area contributed by atoms with E-state index in [0.29, 0.717) is 25.5 Å². The predicted octanol–water partition coefficient (Wildman–Crippen LogP) is 5.04. The Morgan fingerprint density at radius 3 is 2.71 bits per heavy atom. The lowest BCUT2D eigenvalue weighted by Crippen LogP contribution is -2.45. The zero-order valence-corrected chi connectivity index (χ0v) is 17.5. The van der Waals surface area contributed by atoms with Gasteiger partial charge in [-0.05, 0) is 38.3 Å². The first kappa shape index (κ1) is 22.5. The van der Waals surface area contributed by atoms with Crippen molar-refractivity contribution in [1.29, 1.82) is 0 Å². The van der Waals surface area contributed by atoms with Crippen LogP contribution in [0, 0.1) is 0 Å². The maximum absolute atomic E-state index is 12.4. The van der Waals surface area contributed by atoms with E-state index >= 15 is 0 Å². The number of hydrogen-bond donors (Lipinski definition) is 1. The topological polar surface area (TPSA) is 60.0 Å². The van der Waals surface area contributed by atoms with E-state index in [-0.39, 0.29) is 6.23 Å². The zero-order chi connectivity index (χ0) is 20.0. The van der Waals surface area contributed by atoms with E-state index in [1.807, 2.05) is 31.2 Å². The Kier molecular flexibility index (Phi) is 10.8. The van der Waals surface area contributed by atoms with Crippen molar-refractivity contribution in [3.63, 3.8) is 0 Å². The van der Waals surface area contributed by atoms with Gasteiger partial charge in [-0.1, -0.05) is 38.7 Å². The molecule has 1 aliphatic heterocycles. The summed E-state index contributed by atoms with van der Waals surface area (Å²) in [6.07, 6.45) is 7.35. The molecule has 158 valence electrons. The minimum Gasteiger partial charge on any atom is -0.494 e. The van der Waals surface area contributed by atoms with Crippen molar-refractivity contribution in [2.24, 2.45) is 0 Å². The number of unbranched alkanes of at least 4 members (excludes halogenated alkanes) is 3. The summed E-state index contributed by atoms with van der Waals surface area (Å²) in [5.74, 6) is 0.760. The molecule has 0 aromatic heterocycles. The molecule has 1 N–H and O–H groups in total. The Morgan fingerprint density at radius 1 is 1.14 bits per heavy atom. The average molecular weight is 393 g/mol. The molecule has 1 atom stereocenters. The molecule has 1 fully saturated rings. The highest BCUT2D eigenvalue weighted by Crippen LogP contribution is 2.19. The fourth-order valence-corrected chi connectivity index (χ4v) is 3.29. The maximum Gasteiger partial charge on any atom is 0.413 e. The van der Waals surface area contributed by atoms with Crippen molar-refractivity contribution in [2.75, 3.05) is 38.2 Å². The summed E-state index contributed by atoms with van der Waals surface area (Å²) < 4.78 is 17.0. The quantitative estimate of drug-likeness (QED) is 0.505. The summed E-state index contributed by atoms with van der Waals surface area (Å²) in [7, 11) is 0. The molecule has 0 radical (unpaired) electrons. The number of amides is 1. The van der Waals surface area contributed by atoms with Gasteiger partial charge < -0.3 is 14.2 Å². The van der Waals surface area contributed by atoms with Gasteiger partial charge in [0.25, 0.3) is 0 Å². The molecule has 1 aromatic rings. The highest BCUT2D eigenvalue weighted by molar-refractivity contribution is 5.84. The lowest BCUT2D eigenvalue weighted by Gasteiger charge is -2.33. The molecular formula is C22H36N2O4. The van der Waals surface area contributed by atoms with Crippen LogP contribution in [0.5, 0.6) is 5.75 Å². The molecule has 1 heterocycles. The molecule has 0 bridgehead atoms. The SMILES string of the molecule is CCCCCCOc1cccc(NC(=O)OC(COCC)N2CCCCC2)c1. The molecule has 1 unspecified atom stereocenters. The maximum atomic E-state index is 12.4. The second-order valence-electron chi connectivity index (χ2n) is 7.18. The van der Waals surface area contributed by atoms with E-state index in [2.05, 4.69) is 17.1 Å². The largest absolute Gasteiger partial charge is 0.494 e. The van der Waals surface area contributed by atoms with Crippen LogP contribution < -0.4 is 10.1 Å². The van der Waals surface area contributed by atoms with Crippen LogP contribution in [0.2, 0.25) is 0 Å². The number of ether oxygens (including phenoxy) is 3. The summed E-state index contributed by atoms with van der Waals surface area (Å²) in [6, 6.07) is 7.45. The van der Waals surface area contributed by atoms with Crippen molar-refractivity contribution in [3.8, 4) is 5.75 Å². The standard InChI is InChI=1S/C22H36N2O4/c1-3-5-6-10-16-27-20-13-11-12-19(17-20)23-22(25)28-21(18-26-4-2)24-14-8-7-9-15-24/h11-13,17,21H,3-10,14-16,18H2,1-2H3,(H,23,25). The smallest absolute Gasteiger partial charge is 0.413 e. The number of benzene rings is 1. The van der Waals surface area contributed by atoms with Crippen molar-refractivity contribution in [3.05, 3.63) is 24.3 Å². The highest BCUT2D eigenvalue weighted by atomic mass is 16.6. The molecule has 28 heavy (non-hydrogen) atoms. The minimum absolute atomic E-state index is 0.349. The first-order valence-corrected chi connectivity index (χ1v) is 10.7. The molecule has 0 saturated carbocycles. The summed E-state index contributed by atoms with van der Waals surface area (Å²) in [6.45, 7) is 7.70. The average Bonchev–Trinajstić information content (AvgIpc) is 2.72. The van der Waals surface area contributed by atoms with Crippen molar-refractivity contribution >= 4 is 11.8 Å². The fraction of sp³-hybridized carbons (Fsp3) is 0.682. The number of nitrogens with one attached hydrogen (secondary N) is 1. The van der Waals surface area contributed by atoms with Gasteiger partial charge in [0.1, 0.15) is 5.75 Å².